The Morgan fingerprint density at radius 1 is 1.07 bits per heavy atom. The molecule has 0 bridgehead atoms. The van der Waals surface area contributed by atoms with E-state index in [1.165, 1.54) is 38.2 Å². The van der Waals surface area contributed by atoms with Gasteiger partial charge in [0.1, 0.15) is 11.5 Å². The Balaban J connectivity index is 1.77. The van der Waals surface area contributed by atoms with E-state index in [0.717, 1.165) is 18.6 Å². The van der Waals surface area contributed by atoms with Crippen molar-refractivity contribution in [3.05, 3.63) is 48.0 Å². The fourth-order valence-electron chi connectivity index (χ4n) is 3.39. The maximum Gasteiger partial charge on any atom is 0.261 e. The standard InChI is InChI=1S/C22H28N2O5S/c1-15(2)23-22(25)20-14-19(12-13-21(20)28-3)30(26,27)24-16-8-10-18(11-9-16)29-17-6-4-5-7-17/h8-15,17,24H,4-7H2,1-3H3,(H,23,25). The van der Waals surface area contributed by atoms with Crippen LogP contribution in [0, 0.1) is 0 Å². The summed E-state index contributed by atoms with van der Waals surface area (Å²) >= 11 is 0. The largest absolute Gasteiger partial charge is 0.496 e. The number of rotatable bonds is 8. The lowest BCUT2D eigenvalue weighted by molar-refractivity contribution is 0.0940. The second-order valence-corrected chi connectivity index (χ2v) is 9.33. The number of nitrogens with one attached hydrogen (secondary N) is 2. The average Bonchev–Trinajstić information content (AvgIpc) is 3.21. The van der Waals surface area contributed by atoms with E-state index >= 15 is 0 Å². The first-order valence-electron chi connectivity index (χ1n) is 10.1. The van der Waals surface area contributed by atoms with Crippen molar-refractivity contribution in [3.8, 4) is 11.5 Å². The molecule has 0 heterocycles. The molecule has 2 aromatic carbocycles. The summed E-state index contributed by atoms with van der Waals surface area (Å²) in [5, 5.41) is 2.75. The predicted molar refractivity (Wildman–Crippen MR) is 116 cm³/mol. The van der Waals surface area contributed by atoms with Gasteiger partial charge in [0, 0.05) is 11.7 Å². The van der Waals surface area contributed by atoms with E-state index in [1.807, 2.05) is 13.8 Å². The number of hydrogen-bond donors (Lipinski definition) is 2. The number of methoxy groups -OCH3 is 1. The fourth-order valence-corrected chi connectivity index (χ4v) is 4.47. The van der Waals surface area contributed by atoms with Crippen LogP contribution in [0.25, 0.3) is 0 Å². The summed E-state index contributed by atoms with van der Waals surface area (Å²) in [4.78, 5) is 12.4. The first-order chi connectivity index (χ1) is 14.3. The van der Waals surface area contributed by atoms with E-state index in [4.69, 9.17) is 9.47 Å². The van der Waals surface area contributed by atoms with Gasteiger partial charge in [-0.2, -0.15) is 0 Å². The van der Waals surface area contributed by atoms with Gasteiger partial charge in [-0.15, -0.1) is 0 Å². The molecule has 1 saturated carbocycles. The van der Waals surface area contributed by atoms with Crippen LogP contribution >= 0.6 is 0 Å². The SMILES string of the molecule is COc1ccc(S(=O)(=O)Nc2ccc(OC3CCCC3)cc2)cc1C(=O)NC(C)C. The molecule has 0 saturated heterocycles. The summed E-state index contributed by atoms with van der Waals surface area (Å²) in [7, 11) is -2.45. The van der Waals surface area contributed by atoms with Gasteiger partial charge in [-0.05, 0) is 82.0 Å². The van der Waals surface area contributed by atoms with E-state index in [0.29, 0.717) is 11.4 Å². The highest BCUT2D eigenvalue weighted by Crippen LogP contribution is 2.27. The van der Waals surface area contributed by atoms with Crippen LogP contribution in [-0.2, 0) is 10.0 Å². The molecule has 1 aliphatic carbocycles. The molecule has 3 rings (SSSR count). The van der Waals surface area contributed by atoms with Crippen LogP contribution in [-0.4, -0.2) is 33.6 Å². The van der Waals surface area contributed by atoms with Crippen molar-refractivity contribution in [2.75, 3.05) is 11.8 Å². The van der Waals surface area contributed by atoms with Gasteiger partial charge in [0.25, 0.3) is 15.9 Å². The zero-order chi connectivity index (χ0) is 21.7. The summed E-state index contributed by atoms with van der Waals surface area (Å²) in [5.74, 6) is 0.634. The Morgan fingerprint density at radius 2 is 1.73 bits per heavy atom. The molecule has 1 aliphatic rings. The van der Waals surface area contributed by atoms with Crippen molar-refractivity contribution in [1.82, 2.24) is 5.32 Å². The number of anilines is 1. The van der Waals surface area contributed by atoms with Gasteiger partial charge in [-0.3, -0.25) is 9.52 Å². The molecule has 0 unspecified atom stereocenters. The summed E-state index contributed by atoms with van der Waals surface area (Å²) in [5.41, 5.74) is 0.576. The molecular formula is C22H28N2O5S. The minimum absolute atomic E-state index is 0.0245. The van der Waals surface area contributed by atoms with Crippen LogP contribution < -0.4 is 19.5 Å². The molecule has 7 nitrogen and oxygen atoms in total. The van der Waals surface area contributed by atoms with E-state index < -0.39 is 15.9 Å². The van der Waals surface area contributed by atoms with Gasteiger partial charge in [0.15, 0.2) is 0 Å². The fraction of sp³-hybridized carbons (Fsp3) is 0.409. The Kier molecular flexibility index (Phi) is 6.87. The normalized spacial score (nSPS) is 14.5. The zero-order valence-electron chi connectivity index (χ0n) is 17.5. The van der Waals surface area contributed by atoms with E-state index in [-0.39, 0.29) is 22.6 Å². The molecule has 8 heteroatoms. The van der Waals surface area contributed by atoms with Crippen molar-refractivity contribution in [2.45, 2.75) is 56.6 Å². The van der Waals surface area contributed by atoms with Gasteiger partial charge >= 0.3 is 0 Å². The van der Waals surface area contributed by atoms with Gasteiger partial charge in [-0.1, -0.05) is 0 Å². The third kappa shape index (κ3) is 5.44. The Hall–Kier alpha value is -2.74. The molecule has 162 valence electrons. The monoisotopic (exact) mass is 432 g/mol. The van der Waals surface area contributed by atoms with Gasteiger partial charge < -0.3 is 14.8 Å². The number of benzene rings is 2. The Morgan fingerprint density at radius 3 is 2.33 bits per heavy atom. The third-order valence-corrected chi connectivity index (χ3v) is 6.24. The lowest BCUT2D eigenvalue weighted by Crippen LogP contribution is -2.30. The molecule has 0 aliphatic heterocycles. The first kappa shape index (κ1) is 22.0. The minimum atomic E-state index is -3.88. The highest BCUT2D eigenvalue weighted by Gasteiger charge is 2.21. The molecule has 0 aromatic heterocycles. The quantitative estimate of drug-likeness (QED) is 0.659. The van der Waals surface area contributed by atoms with Gasteiger partial charge in [0.2, 0.25) is 0 Å². The smallest absolute Gasteiger partial charge is 0.261 e. The molecule has 30 heavy (non-hydrogen) atoms. The third-order valence-electron chi connectivity index (χ3n) is 4.86. The molecule has 0 spiro atoms. The highest BCUT2D eigenvalue weighted by atomic mass is 32.2. The van der Waals surface area contributed by atoms with Crippen molar-refractivity contribution < 1.29 is 22.7 Å². The first-order valence-corrected chi connectivity index (χ1v) is 11.6. The second kappa shape index (κ2) is 9.38. The zero-order valence-corrected chi connectivity index (χ0v) is 18.3. The topological polar surface area (TPSA) is 93.7 Å². The highest BCUT2D eigenvalue weighted by molar-refractivity contribution is 7.92. The van der Waals surface area contributed by atoms with Crippen molar-refractivity contribution >= 4 is 21.6 Å². The van der Waals surface area contributed by atoms with Gasteiger partial charge in [-0.25, -0.2) is 8.42 Å². The molecular weight excluding hydrogens is 404 g/mol. The van der Waals surface area contributed by atoms with Crippen LogP contribution in [0.3, 0.4) is 0 Å². The molecule has 0 atom stereocenters. The second-order valence-electron chi connectivity index (χ2n) is 7.64. The lowest BCUT2D eigenvalue weighted by Gasteiger charge is -2.15. The molecule has 1 fully saturated rings. The Bertz CT molecular complexity index is 981. The van der Waals surface area contributed by atoms with Crippen LogP contribution in [0.15, 0.2) is 47.4 Å². The lowest BCUT2D eigenvalue weighted by atomic mass is 10.2. The van der Waals surface area contributed by atoms with Gasteiger partial charge in [0.05, 0.1) is 23.7 Å². The average molecular weight is 433 g/mol. The molecule has 0 radical (unpaired) electrons. The summed E-state index contributed by atoms with van der Waals surface area (Å²) < 4.78 is 39.4. The molecule has 2 aromatic rings. The number of carbonyl (C=O) groups excluding carboxylic acids is 1. The van der Waals surface area contributed by atoms with Crippen molar-refractivity contribution in [1.29, 1.82) is 0 Å². The van der Waals surface area contributed by atoms with E-state index in [9.17, 15) is 13.2 Å². The summed E-state index contributed by atoms with van der Waals surface area (Å²) in [6.45, 7) is 3.65. The summed E-state index contributed by atoms with van der Waals surface area (Å²) in [6.07, 6.45) is 4.71. The van der Waals surface area contributed by atoms with Crippen LogP contribution in [0.5, 0.6) is 11.5 Å². The Labute approximate surface area is 177 Å². The number of ether oxygens (including phenoxy) is 2. The van der Waals surface area contributed by atoms with Crippen LogP contribution in [0.2, 0.25) is 0 Å². The van der Waals surface area contributed by atoms with Crippen molar-refractivity contribution in [2.24, 2.45) is 0 Å². The predicted octanol–water partition coefficient (Wildman–Crippen LogP) is 3.96. The minimum Gasteiger partial charge on any atom is -0.496 e. The maximum atomic E-state index is 12.8. The summed E-state index contributed by atoms with van der Waals surface area (Å²) in [6, 6.07) is 10.9. The van der Waals surface area contributed by atoms with E-state index in [2.05, 4.69) is 10.0 Å². The number of carbonyl (C=O) groups is 1. The number of sulfonamides is 1. The molecule has 2 N–H and O–H groups in total. The van der Waals surface area contributed by atoms with E-state index in [1.54, 1.807) is 24.3 Å². The number of amides is 1. The molecule has 1 amide bonds. The van der Waals surface area contributed by atoms with Crippen molar-refractivity contribution in [3.63, 3.8) is 0 Å². The van der Waals surface area contributed by atoms with Crippen LogP contribution in [0.4, 0.5) is 5.69 Å². The number of hydrogen-bond acceptors (Lipinski definition) is 5. The maximum absolute atomic E-state index is 12.8. The van der Waals surface area contributed by atoms with Crippen LogP contribution in [0.1, 0.15) is 49.9 Å².